The second-order valence-electron chi connectivity index (χ2n) is 6.48. The van der Waals surface area contributed by atoms with Crippen LogP contribution in [0.25, 0.3) is 0 Å². The van der Waals surface area contributed by atoms with E-state index in [9.17, 15) is 9.59 Å². The number of esters is 1. The first-order chi connectivity index (χ1) is 11.9. The maximum Gasteiger partial charge on any atom is 0.328 e. The summed E-state index contributed by atoms with van der Waals surface area (Å²) in [5.41, 5.74) is 7.12. The molecule has 1 amide bonds. The molecule has 25 heavy (non-hydrogen) atoms. The average molecular weight is 412 g/mol. The number of ether oxygens (including phenoxy) is 1. The largest absolute Gasteiger partial charge is 0.464 e. The highest BCUT2D eigenvalue weighted by Crippen LogP contribution is 2.22. The van der Waals surface area contributed by atoms with Gasteiger partial charge in [-0.25, -0.2) is 10.2 Å². The van der Waals surface area contributed by atoms with Gasteiger partial charge in [-0.3, -0.25) is 10.2 Å². The first kappa shape index (κ1) is 19.9. The first-order valence-electron chi connectivity index (χ1n) is 8.60. The zero-order valence-corrected chi connectivity index (χ0v) is 16.4. The molecule has 1 aromatic rings. The van der Waals surface area contributed by atoms with Gasteiger partial charge in [-0.2, -0.15) is 0 Å². The van der Waals surface area contributed by atoms with E-state index in [1.807, 2.05) is 30.3 Å². The Morgan fingerprint density at radius 2 is 1.92 bits per heavy atom. The molecule has 1 aliphatic rings. The smallest absolute Gasteiger partial charge is 0.328 e. The SMILES string of the molecule is CCOC(=O)C(Cc1ccccc1)NC(=O)C1NNC(C(C)C)C1Br. The normalized spacial score (nSPS) is 24.1. The lowest BCUT2D eigenvalue weighted by Gasteiger charge is -2.22. The van der Waals surface area contributed by atoms with E-state index in [0.29, 0.717) is 12.3 Å². The van der Waals surface area contributed by atoms with Crippen LogP contribution in [-0.2, 0) is 20.7 Å². The second-order valence-corrected chi connectivity index (χ2v) is 7.54. The lowest BCUT2D eigenvalue weighted by atomic mass is 9.98. The number of hydrazine groups is 1. The fraction of sp³-hybridized carbons (Fsp3) is 0.556. The number of carbonyl (C=O) groups excluding carboxylic acids is 2. The predicted octanol–water partition coefficient (Wildman–Crippen LogP) is 1.54. The van der Waals surface area contributed by atoms with Crippen molar-refractivity contribution in [1.82, 2.24) is 16.2 Å². The Kier molecular flexibility index (Phi) is 7.40. The molecule has 6 nitrogen and oxygen atoms in total. The third-order valence-corrected chi connectivity index (χ3v) is 5.34. The summed E-state index contributed by atoms with van der Waals surface area (Å²) in [5.74, 6) is -0.288. The van der Waals surface area contributed by atoms with Crippen LogP contribution in [0.2, 0.25) is 0 Å². The Bertz CT molecular complexity index is 582. The third kappa shape index (κ3) is 5.26. The van der Waals surface area contributed by atoms with E-state index in [1.165, 1.54) is 0 Å². The average Bonchev–Trinajstić information content (AvgIpc) is 2.97. The van der Waals surface area contributed by atoms with Crippen LogP contribution >= 0.6 is 15.9 Å². The first-order valence-corrected chi connectivity index (χ1v) is 9.51. The Labute approximate surface area is 157 Å². The molecule has 0 saturated carbocycles. The summed E-state index contributed by atoms with van der Waals surface area (Å²) in [6, 6.07) is 8.54. The highest BCUT2D eigenvalue weighted by atomic mass is 79.9. The van der Waals surface area contributed by atoms with Crippen molar-refractivity contribution in [1.29, 1.82) is 0 Å². The maximum atomic E-state index is 12.7. The van der Waals surface area contributed by atoms with Gasteiger partial charge in [0.05, 0.1) is 11.4 Å². The highest BCUT2D eigenvalue weighted by Gasteiger charge is 2.40. The van der Waals surface area contributed by atoms with Crippen LogP contribution in [0.5, 0.6) is 0 Å². The van der Waals surface area contributed by atoms with Crippen LogP contribution in [-0.4, -0.2) is 41.4 Å². The van der Waals surface area contributed by atoms with Gasteiger partial charge in [0.2, 0.25) is 5.91 Å². The summed E-state index contributed by atoms with van der Waals surface area (Å²) in [4.78, 5) is 24.9. The summed E-state index contributed by atoms with van der Waals surface area (Å²) >= 11 is 3.59. The van der Waals surface area contributed by atoms with Crippen molar-refractivity contribution >= 4 is 27.8 Å². The number of nitrogens with one attached hydrogen (secondary N) is 3. The predicted molar refractivity (Wildman–Crippen MR) is 100 cm³/mol. The number of rotatable bonds is 7. The molecular weight excluding hydrogens is 386 g/mol. The van der Waals surface area contributed by atoms with E-state index in [1.54, 1.807) is 6.92 Å². The molecule has 4 unspecified atom stereocenters. The van der Waals surface area contributed by atoms with Crippen molar-refractivity contribution in [2.75, 3.05) is 6.61 Å². The summed E-state index contributed by atoms with van der Waals surface area (Å²) in [6.07, 6.45) is 0.395. The fourth-order valence-electron chi connectivity index (χ4n) is 2.84. The van der Waals surface area contributed by atoms with Gasteiger partial charge in [-0.1, -0.05) is 60.1 Å². The van der Waals surface area contributed by atoms with E-state index in [-0.39, 0.29) is 23.4 Å². The Hall–Kier alpha value is -1.44. The second kappa shape index (κ2) is 9.31. The minimum atomic E-state index is -0.713. The number of alkyl halides is 1. The Morgan fingerprint density at radius 3 is 2.48 bits per heavy atom. The van der Waals surface area contributed by atoms with E-state index >= 15 is 0 Å². The molecule has 1 heterocycles. The molecule has 138 valence electrons. The number of halogens is 1. The third-order valence-electron chi connectivity index (χ3n) is 4.24. The molecule has 1 fully saturated rings. The van der Waals surface area contributed by atoms with Crippen LogP contribution in [0.4, 0.5) is 0 Å². The van der Waals surface area contributed by atoms with Gasteiger partial charge in [0.1, 0.15) is 12.1 Å². The van der Waals surface area contributed by atoms with Crippen LogP contribution in [0.1, 0.15) is 26.3 Å². The molecule has 7 heteroatoms. The lowest BCUT2D eigenvalue weighted by Crippen LogP contribution is -2.52. The van der Waals surface area contributed by atoms with E-state index in [4.69, 9.17) is 4.74 Å². The van der Waals surface area contributed by atoms with Crippen molar-refractivity contribution in [2.24, 2.45) is 5.92 Å². The van der Waals surface area contributed by atoms with Gasteiger partial charge in [0, 0.05) is 12.5 Å². The standard InChI is InChI=1S/C18H26BrN3O3/c1-4-25-18(24)13(10-12-8-6-5-7-9-12)20-17(23)16-14(19)15(11(2)3)21-22-16/h5-9,11,13-16,21-22H,4,10H2,1-3H3,(H,20,23). The van der Waals surface area contributed by atoms with E-state index < -0.39 is 18.1 Å². The number of hydrogen-bond donors (Lipinski definition) is 3. The van der Waals surface area contributed by atoms with Crippen molar-refractivity contribution in [3.8, 4) is 0 Å². The molecule has 1 aliphatic heterocycles. The van der Waals surface area contributed by atoms with Crippen LogP contribution in [0.3, 0.4) is 0 Å². The molecule has 1 aromatic carbocycles. The van der Waals surface area contributed by atoms with E-state index in [2.05, 4.69) is 45.9 Å². The summed E-state index contributed by atoms with van der Waals surface area (Å²) < 4.78 is 5.12. The Morgan fingerprint density at radius 1 is 1.24 bits per heavy atom. The monoisotopic (exact) mass is 411 g/mol. The van der Waals surface area contributed by atoms with Crippen molar-refractivity contribution in [2.45, 2.75) is 50.1 Å². The lowest BCUT2D eigenvalue weighted by molar-refractivity contribution is -0.147. The molecule has 3 N–H and O–H groups in total. The van der Waals surface area contributed by atoms with Gasteiger partial charge in [0.15, 0.2) is 0 Å². The zero-order valence-electron chi connectivity index (χ0n) is 14.8. The maximum absolute atomic E-state index is 12.7. The zero-order chi connectivity index (χ0) is 18.4. The van der Waals surface area contributed by atoms with Crippen LogP contribution in [0, 0.1) is 5.92 Å². The number of hydrogen-bond acceptors (Lipinski definition) is 5. The van der Waals surface area contributed by atoms with Crippen LogP contribution in [0.15, 0.2) is 30.3 Å². The molecule has 2 rings (SSSR count). The van der Waals surface area contributed by atoms with Gasteiger partial charge in [-0.05, 0) is 18.4 Å². The molecule has 0 spiro atoms. The minimum Gasteiger partial charge on any atom is -0.464 e. The fourth-order valence-corrected chi connectivity index (χ4v) is 3.96. The van der Waals surface area contributed by atoms with Crippen molar-refractivity contribution in [3.63, 3.8) is 0 Å². The van der Waals surface area contributed by atoms with Gasteiger partial charge >= 0.3 is 5.97 Å². The Balaban J connectivity index is 2.05. The quantitative estimate of drug-likeness (QED) is 0.468. The summed E-state index contributed by atoms with van der Waals surface area (Å²) in [6.45, 7) is 6.21. The summed E-state index contributed by atoms with van der Waals surface area (Å²) in [5, 5.41) is 2.84. The number of amides is 1. The molecular formula is C18H26BrN3O3. The molecule has 0 radical (unpaired) electrons. The molecule has 0 aromatic heterocycles. The number of carbonyl (C=O) groups is 2. The van der Waals surface area contributed by atoms with E-state index in [0.717, 1.165) is 5.56 Å². The van der Waals surface area contributed by atoms with Crippen LogP contribution < -0.4 is 16.2 Å². The molecule has 0 aliphatic carbocycles. The molecule has 4 atom stereocenters. The van der Waals surface area contributed by atoms with Gasteiger partial charge < -0.3 is 10.1 Å². The van der Waals surface area contributed by atoms with Gasteiger partial charge in [0.25, 0.3) is 0 Å². The summed E-state index contributed by atoms with van der Waals surface area (Å²) in [7, 11) is 0. The van der Waals surface area contributed by atoms with Crippen molar-refractivity contribution in [3.05, 3.63) is 35.9 Å². The molecule has 1 saturated heterocycles. The van der Waals surface area contributed by atoms with Gasteiger partial charge in [-0.15, -0.1) is 0 Å². The topological polar surface area (TPSA) is 79.5 Å². The van der Waals surface area contributed by atoms with Crippen molar-refractivity contribution < 1.29 is 14.3 Å². The molecule has 0 bridgehead atoms. The minimum absolute atomic E-state index is 0.0629. The number of benzene rings is 1. The highest BCUT2D eigenvalue weighted by molar-refractivity contribution is 9.09.